The van der Waals surface area contributed by atoms with Gasteiger partial charge in [0, 0.05) is 55.0 Å². The highest BCUT2D eigenvalue weighted by atomic mass is 19.4. The van der Waals surface area contributed by atoms with Gasteiger partial charge in [0.1, 0.15) is 11.6 Å². The van der Waals surface area contributed by atoms with E-state index in [1.165, 1.54) is 6.07 Å². The van der Waals surface area contributed by atoms with E-state index in [1.807, 2.05) is 11.1 Å². The predicted octanol–water partition coefficient (Wildman–Crippen LogP) is 4.07. The number of fused-ring (bicyclic) bond motifs is 1. The summed E-state index contributed by atoms with van der Waals surface area (Å²) in [6, 6.07) is 2.72. The van der Waals surface area contributed by atoms with Gasteiger partial charge >= 0.3 is 6.18 Å². The molecule has 1 saturated carbocycles. The van der Waals surface area contributed by atoms with E-state index in [4.69, 9.17) is 0 Å². The number of rotatable bonds is 3. The summed E-state index contributed by atoms with van der Waals surface area (Å²) in [5, 5.41) is 0. The van der Waals surface area contributed by atoms with Gasteiger partial charge in [0.05, 0.1) is 5.56 Å². The first-order chi connectivity index (χ1) is 11.9. The molecule has 3 nitrogen and oxygen atoms in total. The van der Waals surface area contributed by atoms with Crippen molar-refractivity contribution in [1.29, 1.82) is 0 Å². The van der Waals surface area contributed by atoms with E-state index in [9.17, 15) is 17.6 Å². The van der Waals surface area contributed by atoms with E-state index in [0.29, 0.717) is 25.1 Å². The van der Waals surface area contributed by atoms with Crippen molar-refractivity contribution in [1.82, 2.24) is 14.9 Å². The molecule has 0 unspecified atom stereocenters. The molecule has 0 amide bonds. The molecule has 0 atom stereocenters. The van der Waals surface area contributed by atoms with Crippen molar-refractivity contribution in [2.75, 3.05) is 6.54 Å². The van der Waals surface area contributed by atoms with Gasteiger partial charge in [-0.25, -0.2) is 14.4 Å². The third-order valence-corrected chi connectivity index (χ3v) is 4.75. The molecule has 1 aromatic heterocycles. The van der Waals surface area contributed by atoms with Crippen molar-refractivity contribution < 1.29 is 17.6 Å². The minimum Gasteiger partial charge on any atom is -0.294 e. The summed E-state index contributed by atoms with van der Waals surface area (Å²) < 4.78 is 51.9. The minimum absolute atomic E-state index is 0.270. The van der Waals surface area contributed by atoms with Crippen molar-refractivity contribution in [3.05, 3.63) is 58.4 Å². The van der Waals surface area contributed by atoms with E-state index in [1.54, 1.807) is 0 Å². The molecular weight excluding hydrogens is 334 g/mol. The molecular formula is C18H17F4N3. The third kappa shape index (κ3) is 3.51. The zero-order valence-corrected chi connectivity index (χ0v) is 13.5. The Hall–Kier alpha value is -2.02. The van der Waals surface area contributed by atoms with Gasteiger partial charge in [-0.15, -0.1) is 0 Å². The second-order valence-electron chi connectivity index (χ2n) is 6.74. The van der Waals surface area contributed by atoms with E-state index < -0.39 is 17.6 Å². The summed E-state index contributed by atoms with van der Waals surface area (Å²) in [4.78, 5) is 11.1. The number of hydrogen-bond acceptors (Lipinski definition) is 3. The molecule has 0 N–H and O–H groups in total. The fraction of sp³-hybridized carbons (Fsp3) is 0.444. The number of benzene rings is 1. The average Bonchev–Trinajstić information content (AvgIpc) is 3.40. The van der Waals surface area contributed by atoms with Crippen LogP contribution >= 0.6 is 0 Å². The lowest BCUT2D eigenvalue weighted by Crippen LogP contribution is -2.31. The molecule has 2 aliphatic rings. The van der Waals surface area contributed by atoms with Crippen LogP contribution in [0.5, 0.6) is 0 Å². The van der Waals surface area contributed by atoms with Gasteiger partial charge in [-0.3, -0.25) is 4.90 Å². The van der Waals surface area contributed by atoms with Crippen LogP contribution < -0.4 is 0 Å². The molecule has 1 aliphatic heterocycles. The van der Waals surface area contributed by atoms with Crippen molar-refractivity contribution in [2.24, 2.45) is 0 Å². The summed E-state index contributed by atoms with van der Waals surface area (Å²) in [5.41, 5.74) is 1.37. The van der Waals surface area contributed by atoms with Crippen LogP contribution in [0.3, 0.4) is 0 Å². The molecule has 0 spiro atoms. The first-order valence-corrected chi connectivity index (χ1v) is 8.33. The summed E-state index contributed by atoms with van der Waals surface area (Å²) in [6.07, 6.45) is 0.362. The number of halogens is 4. The van der Waals surface area contributed by atoms with Crippen LogP contribution in [-0.2, 0) is 25.7 Å². The van der Waals surface area contributed by atoms with E-state index in [2.05, 4.69) is 9.97 Å². The van der Waals surface area contributed by atoms with Crippen LogP contribution in [0.25, 0.3) is 0 Å². The van der Waals surface area contributed by atoms with Gasteiger partial charge in [-0.05, 0) is 25.0 Å². The third-order valence-electron chi connectivity index (χ3n) is 4.75. The Morgan fingerprint density at radius 1 is 1.20 bits per heavy atom. The smallest absolute Gasteiger partial charge is 0.294 e. The molecule has 2 heterocycles. The van der Waals surface area contributed by atoms with Crippen molar-refractivity contribution in [3.63, 3.8) is 0 Å². The SMILES string of the molecule is Fc1cc(C(F)(F)F)ccc1CN1CCc2nc(C3CC3)ncc2C1. The number of nitrogens with zero attached hydrogens (tertiary/aromatic N) is 3. The Morgan fingerprint density at radius 3 is 2.68 bits per heavy atom. The Morgan fingerprint density at radius 2 is 2.00 bits per heavy atom. The summed E-state index contributed by atoms with van der Waals surface area (Å²) in [6.45, 7) is 1.56. The number of alkyl halides is 3. The molecule has 132 valence electrons. The molecule has 1 aromatic carbocycles. The maximum Gasteiger partial charge on any atom is 0.416 e. The minimum atomic E-state index is -4.53. The zero-order chi connectivity index (χ0) is 17.6. The molecule has 1 aliphatic carbocycles. The van der Waals surface area contributed by atoms with Crippen LogP contribution in [0.15, 0.2) is 24.4 Å². The van der Waals surface area contributed by atoms with E-state index >= 15 is 0 Å². The Balaban J connectivity index is 1.47. The second kappa shape index (κ2) is 6.05. The maximum atomic E-state index is 14.0. The Kier molecular flexibility index (Phi) is 3.98. The van der Waals surface area contributed by atoms with Gasteiger partial charge in [-0.2, -0.15) is 13.2 Å². The first-order valence-electron chi connectivity index (χ1n) is 8.33. The molecule has 7 heteroatoms. The van der Waals surface area contributed by atoms with Crippen LogP contribution in [0.1, 0.15) is 47.0 Å². The van der Waals surface area contributed by atoms with Gasteiger partial charge < -0.3 is 0 Å². The van der Waals surface area contributed by atoms with Crippen molar-refractivity contribution in [3.8, 4) is 0 Å². The molecule has 1 fully saturated rings. The van der Waals surface area contributed by atoms with E-state index in [0.717, 1.165) is 42.4 Å². The molecule has 0 bridgehead atoms. The lowest BCUT2D eigenvalue weighted by Gasteiger charge is -2.28. The molecule has 0 radical (unpaired) electrons. The van der Waals surface area contributed by atoms with Gasteiger partial charge in [0.15, 0.2) is 0 Å². The van der Waals surface area contributed by atoms with Gasteiger partial charge in [0.2, 0.25) is 0 Å². The largest absolute Gasteiger partial charge is 0.416 e. The topological polar surface area (TPSA) is 29.0 Å². The van der Waals surface area contributed by atoms with Crippen LogP contribution in [0.4, 0.5) is 17.6 Å². The highest BCUT2D eigenvalue weighted by Gasteiger charge is 2.31. The predicted molar refractivity (Wildman–Crippen MR) is 83.2 cm³/mol. The summed E-state index contributed by atoms with van der Waals surface area (Å²) >= 11 is 0. The normalized spacial score (nSPS) is 18.2. The Bertz CT molecular complexity index is 799. The van der Waals surface area contributed by atoms with Crippen LogP contribution in [0.2, 0.25) is 0 Å². The van der Waals surface area contributed by atoms with Crippen LogP contribution in [-0.4, -0.2) is 21.4 Å². The quantitative estimate of drug-likeness (QED) is 0.781. The number of aromatic nitrogens is 2. The van der Waals surface area contributed by atoms with Gasteiger partial charge in [0.25, 0.3) is 0 Å². The van der Waals surface area contributed by atoms with Crippen molar-refractivity contribution >= 4 is 0 Å². The highest BCUT2D eigenvalue weighted by molar-refractivity contribution is 5.27. The monoisotopic (exact) mass is 351 g/mol. The van der Waals surface area contributed by atoms with Crippen molar-refractivity contribution in [2.45, 2.75) is 44.4 Å². The highest BCUT2D eigenvalue weighted by Crippen LogP contribution is 2.38. The number of hydrogen-bond donors (Lipinski definition) is 0. The Labute approximate surface area is 142 Å². The first kappa shape index (κ1) is 16.4. The molecule has 2 aromatic rings. The molecule has 25 heavy (non-hydrogen) atoms. The standard InChI is InChI=1S/C18H17F4N3/c19-15-7-14(18(20,21)22)4-3-12(15)9-25-6-5-16-13(10-25)8-23-17(24-16)11-1-2-11/h3-4,7-8,11H,1-2,5-6,9-10H2. The average molecular weight is 351 g/mol. The second-order valence-corrected chi connectivity index (χ2v) is 6.74. The maximum absolute atomic E-state index is 14.0. The van der Waals surface area contributed by atoms with Gasteiger partial charge in [-0.1, -0.05) is 6.07 Å². The lowest BCUT2D eigenvalue weighted by molar-refractivity contribution is -0.137. The van der Waals surface area contributed by atoms with E-state index in [-0.39, 0.29) is 12.1 Å². The van der Waals surface area contributed by atoms with Crippen LogP contribution in [0, 0.1) is 5.82 Å². The summed E-state index contributed by atoms with van der Waals surface area (Å²) in [5.74, 6) is 0.603. The molecule has 0 saturated heterocycles. The fourth-order valence-corrected chi connectivity index (χ4v) is 3.16. The fourth-order valence-electron chi connectivity index (χ4n) is 3.16. The summed E-state index contributed by atoms with van der Waals surface area (Å²) in [7, 11) is 0. The molecule has 4 rings (SSSR count). The lowest BCUT2D eigenvalue weighted by atomic mass is 10.0. The zero-order valence-electron chi connectivity index (χ0n) is 13.5.